The molecule has 1 amide bonds. The number of amides is 1. The molecule has 0 saturated carbocycles. The zero-order valence-electron chi connectivity index (χ0n) is 16.7. The van der Waals surface area contributed by atoms with Crippen LogP contribution < -0.4 is 22.2 Å². The van der Waals surface area contributed by atoms with Crippen molar-refractivity contribution < 1.29 is 9.72 Å². The van der Waals surface area contributed by atoms with Crippen molar-refractivity contribution in [2.24, 2.45) is 26.8 Å². The van der Waals surface area contributed by atoms with E-state index in [2.05, 4.69) is 26.0 Å². The summed E-state index contributed by atoms with van der Waals surface area (Å²) in [6.07, 6.45) is 0. The zero-order valence-corrected chi connectivity index (χ0v) is 16.7. The number of para-hydroxylation sites is 1. The number of benzene rings is 2. The van der Waals surface area contributed by atoms with E-state index in [-0.39, 0.29) is 28.8 Å². The van der Waals surface area contributed by atoms with Crippen molar-refractivity contribution in [3.05, 3.63) is 63.7 Å². The molecule has 0 fully saturated rings. The topological polar surface area (TPSA) is 173 Å². The third-order valence-corrected chi connectivity index (χ3v) is 3.90. The summed E-state index contributed by atoms with van der Waals surface area (Å²) < 4.78 is 0. The number of carbonyl (C=O) groups is 1. The maximum absolute atomic E-state index is 12.8. The second kappa shape index (κ2) is 9.78. The highest BCUT2D eigenvalue weighted by molar-refractivity contribution is 6.68. The molecule has 0 aromatic heterocycles. The summed E-state index contributed by atoms with van der Waals surface area (Å²) in [5.41, 5.74) is 15.1. The van der Waals surface area contributed by atoms with E-state index < -0.39 is 10.8 Å². The van der Waals surface area contributed by atoms with Crippen LogP contribution >= 0.6 is 0 Å². The molecule has 0 bridgehead atoms. The van der Waals surface area contributed by atoms with Gasteiger partial charge in [-0.15, -0.1) is 10.2 Å². The number of nitro benzene ring substituents is 1. The number of hydrogen-bond donors (Lipinski definition) is 4. The fourth-order valence-corrected chi connectivity index (χ4v) is 2.37. The second-order valence-electron chi connectivity index (χ2n) is 6.33. The molecule has 0 radical (unpaired) electrons. The maximum atomic E-state index is 12.8. The number of hydrogen-bond acceptors (Lipinski definition) is 7. The molecule has 156 valence electrons. The lowest BCUT2D eigenvalue weighted by molar-refractivity contribution is -0.384. The smallest absolute Gasteiger partial charge is 0.294 e. The van der Waals surface area contributed by atoms with Gasteiger partial charge in [-0.1, -0.05) is 24.3 Å². The fourth-order valence-electron chi connectivity index (χ4n) is 2.37. The van der Waals surface area contributed by atoms with Crippen molar-refractivity contribution in [3.63, 3.8) is 0 Å². The van der Waals surface area contributed by atoms with Gasteiger partial charge in [0.2, 0.25) is 5.96 Å². The molecule has 11 nitrogen and oxygen atoms in total. The molecule has 0 aliphatic heterocycles. The normalized spacial score (nSPS) is 11.6. The first-order valence-corrected chi connectivity index (χ1v) is 8.78. The van der Waals surface area contributed by atoms with Crippen LogP contribution in [-0.2, 0) is 4.79 Å². The monoisotopic (exact) mass is 410 g/mol. The number of guanidine groups is 1. The van der Waals surface area contributed by atoms with Gasteiger partial charge in [0.25, 0.3) is 11.6 Å². The average Bonchev–Trinajstić information content (AvgIpc) is 2.69. The summed E-state index contributed by atoms with van der Waals surface area (Å²) in [6, 6.07) is 11.7. The van der Waals surface area contributed by atoms with E-state index >= 15 is 0 Å². The van der Waals surface area contributed by atoms with Crippen LogP contribution in [0.5, 0.6) is 0 Å². The molecule has 0 spiro atoms. The lowest BCUT2D eigenvalue weighted by atomic mass is 10.2. The van der Waals surface area contributed by atoms with Crippen LogP contribution in [0.15, 0.2) is 57.8 Å². The Kier molecular flexibility index (Phi) is 7.17. The first kappa shape index (κ1) is 22.0. The molecule has 6 N–H and O–H groups in total. The minimum Gasteiger partial charge on any atom is -0.369 e. The lowest BCUT2D eigenvalue weighted by Crippen LogP contribution is -2.30. The molecule has 0 heterocycles. The predicted molar refractivity (Wildman–Crippen MR) is 118 cm³/mol. The molecule has 0 saturated heterocycles. The Labute approximate surface area is 172 Å². The Morgan fingerprint density at radius 2 is 1.77 bits per heavy atom. The predicted octanol–water partition coefficient (Wildman–Crippen LogP) is 2.27. The zero-order chi connectivity index (χ0) is 22.3. The maximum Gasteiger partial charge on any atom is 0.294 e. The van der Waals surface area contributed by atoms with Gasteiger partial charge in [0.1, 0.15) is 5.69 Å². The highest BCUT2D eigenvalue weighted by Gasteiger charge is 2.19. The third-order valence-electron chi connectivity index (χ3n) is 3.90. The van der Waals surface area contributed by atoms with Crippen molar-refractivity contribution in [1.29, 1.82) is 0 Å². The number of nitrogens with one attached hydrogen (secondary N) is 2. The number of anilines is 2. The van der Waals surface area contributed by atoms with Gasteiger partial charge in [-0.25, -0.2) is 0 Å². The molecule has 30 heavy (non-hydrogen) atoms. The van der Waals surface area contributed by atoms with Crippen molar-refractivity contribution in [3.8, 4) is 0 Å². The summed E-state index contributed by atoms with van der Waals surface area (Å²) in [7, 11) is 0. The second-order valence-corrected chi connectivity index (χ2v) is 6.33. The first-order valence-electron chi connectivity index (χ1n) is 8.78. The standard InChI is InChI=1S/C19H22N8O3/c1-11-8-9-15(16(10-11)27(29)30)24-25-17(13(3)23-26-19(20)21)18(28)22-14-7-5-4-6-12(14)2/h4-10,24H,1-3H3,(H,22,28)(H4,20,21,26)/b23-13-,25-17+. The van der Waals surface area contributed by atoms with Crippen LogP contribution in [0.2, 0.25) is 0 Å². The SMILES string of the molecule is CC(=N/N=C(N)N)/C(=N\Nc1ccc(C)cc1[N+](=O)[O-])C(=O)Nc1ccccc1C. The highest BCUT2D eigenvalue weighted by Crippen LogP contribution is 2.25. The molecule has 2 aromatic carbocycles. The first-order chi connectivity index (χ1) is 14.2. The van der Waals surface area contributed by atoms with E-state index in [0.717, 1.165) is 5.56 Å². The van der Waals surface area contributed by atoms with Crippen molar-refractivity contribution in [2.45, 2.75) is 20.8 Å². The molecule has 0 unspecified atom stereocenters. The highest BCUT2D eigenvalue weighted by atomic mass is 16.6. The quantitative estimate of drug-likeness (QED) is 0.236. The molecule has 0 aliphatic rings. The Morgan fingerprint density at radius 3 is 2.40 bits per heavy atom. The van der Waals surface area contributed by atoms with Gasteiger partial charge >= 0.3 is 0 Å². The van der Waals surface area contributed by atoms with E-state index in [1.807, 2.05) is 19.1 Å². The van der Waals surface area contributed by atoms with Crippen LogP contribution in [0, 0.1) is 24.0 Å². The van der Waals surface area contributed by atoms with Gasteiger partial charge in [-0.2, -0.15) is 5.10 Å². The van der Waals surface area contributed by atoms with Crippen LogP contribution in [0.25, 0.3) is 0 Å². The van der Waals surface area contributed by atoms with Gasteiger partial charge in [0.05, 0.1) is 10.6 Å². The van der Waals surface area contributed by atoms with Gasteiger partial charge in [0.15, 0.2) is 5.71 Å². The number of hydrazone groups is 1. The molecule has 2 rings (SSSR count). The largest absolute Gasteiger partial charge is 0.369 e. The van der Waals surface area contributed by atoms with Crippen LogP contribution in [0.1, 0.15) is 18.1 Å². The van der Waals surface area contributed by atoms with Gasteiger partial charge in [-0.3, -0.25) is 20.3 Å². The Hall–Kier alpha value is -4.28. The fraction of sp³-hybridized carbons (Fsp3) is 0.158. The van der Waals surface area contributed by atoms with Crippen molar-refractivity contribution >= 4 is 40.4 Å². The Balaban J connectivity index is 2.42. The van der Waals surface area contributed by atoms with Gasteiger partial charge < -0.3 is 16.8 Å². The lowest BCUT2D eigenvalue weighted by Gasteiger charge is -2.10. The average molecular weight is 410 g/mol. The summed E-state index contributed by atoms with van der Waals surface area (Å²) in [6.45, 7) is 5.04. The van der Waals surface area contributed by atoms with Crippen LogP contribution in [-0.4, -0.2) is 28.2 Å². The summed E-state index contributed by atoms with van der Waals surface area (Å²) in [5, 5.41) is 25.4. The Bertz CT molecular complexity index is 1060. The minimum absolute atomic E-state index is 0.0942. The van der Waals surface area contributed by atoms with E-state index in [9.17, 15) is 14.9 Å². The number of aryl methyl sites for hydroxylation is 2. The molecular weight excluding hydrogens is 388 g/mol. The number of carbonyl (C=O) groups excluding carboxylic acids is 1. The number of rotatable bonds is 7. The molecule has 0 aliphatic carbocycles. The number of nitrogens with zero attached hydrogens (tertiary/aromatic N) is 4. The van der Waals surface area contributed by atoms with E-state index in [0.29, 0.717) is 11.3 Å². The summed E-state index contributed by atoms with van der Waals surface area (Å²) in [4.78, 5) is 23.6. The molecule has 0 atom stereocenters. The van der Waals surface area contributed by atoms with Gasteiger partial charge in [-0.05, 0) is 44.0 Å². The van der Waals surface area contributed by atoms with E-state index in [1.54, 1.807) is 25.1 Å². The number of nitrogens with two attached hydrogens (primary N) is 2. The summed E-state index contributed by atoms with van der Waals surface area (Å²) in [5.74, 6) is -0.895. The Morgan fingerprint density at radius 1 is 1.07 bits per heavy atom. The van der Waals surface area contributed by atoms with E-state index in [4.69, 9.17) is 11.5 Å². The molecule has 2 aromatic rings. The third kappa shape index (κ3) is 5.86. The van der Waals surface area contributed by atoms with E-state index in [1.165, 1.54) is 19.1 Å². The van der Waals surface area contributed by atoms with Crippen molar-refractivity contribution in [1.82, 2.24) is 0 Å². The van der Waals surface area contributed by atoms with Crippen LogP contribution in [0.3, 0.4) is 0 Å². The van der Waals surface area contributed by atoms with Gasteiger partial charge in [0, 0.05) is 11.8 Å². The summed E-state index contributed by atoms with van der Waals surface area (Å²) >= 11 is 0. The minimum atomic E-state index is -0.599. The van der Waals surface area contributed by atoms with Crippen LogP contribution in [0.4, 0.5) is 17.1 Å². The number of nitro groups is 1. The molecular formula is C19H22N8O3. The molecule has 11 heteroatoms. The van der Waals surface area contributed by atoms with Crippen molar-refractivity contribution in [2.75, 3.05) is 10.7 Å².